The van der Waals surface area contributed by atoms with Crippen molar-refractivity contribution in [2.45, 2.75) is 6.54 Å². The SMILES string of the molecule is C[S@@](=O)CCNCc1cccc(Cl)c1. The van der Waals surface area contributed by atoms with Gasteiger partial charge in [-0.15, -0.1) is 0 Å². The van der Waals surface area contributed by atoms with Gasteiger partial charge in [-0.25, -0.2) is 0 Å². The average Bonchev–Trinajstić information content (AvgIpc) is 2.12. The highest BCUT2D eigenvalue weighted by Gasteiger charge is 1.94. The van der Waals surface area contributed by atoms with Gasteiger partial charge in [0.05, 0.1) is 0 Å². The van der Waals surface area contributed by atoms with Crippen LogP contribution in [0.15, 0.2) is 24.3 Å². The zero-order chi connectivity index (χ0) is 10.4. The lowest BCUT2D eigenvalue weighted by Gasteiger charge is -2.03. The lowest BCUT2D eigenvalue weighted by molar-refractivity contribution is 0.676. The Bertz CT molecular complexity index is 317. The molecule has 1 aromatic carbocycles. The molecule has 1 aromatic rings. The Morgan fingerprint density at radius 2 is 2.29 bits per heavy atom. The molecule has 1 N–H and O–H groups in total. The quantitative estimate of drug-likeness (QED) is 0.784. The van der Waals surface area contributed by atoms with E-state index in [0.29, 0.717) is 5.75 Å². The van der Waals surface area contributed by atoms with Gasteiger partial charge in [0.2, 0.25) is 0 Å². The fourth-order valence-electron chi connectivity index (χ4n) is 1.10. The topological polar surface area (TPSA) is 29.1 Å². The highest BCUT2D eigenvalue weighted by atomic mass is 35.5. The standard InChI is InChI=1S/C10H14ClNOS/c1-14(13)6-5-12-8-9-3-2-4-10(11)7-9/h2-4,7,12H,5-6,8H2,1H3/t14-/m1/s1. The molecular weight excluding hydrogens is 218 g/mol. The summed E-state index contributed by atoms with van der Waals surface area (Å²) in [7, 11) is -0.716. The van der Waals surface area contributed by atoms with Crippen LogP contribution < -0.4 is 5.32 Å². The van der Waals surface area contributed by atoms with E-state index in [4.69, 9.17) is 11.6 Å². The zero-order valence-corrected chi connectivity index (χ0v) is 9.70. The van der Waals surface area contributed by atoms with Crippen LogP contribution in [0.3, 0.4) is 0 Å². The van der Waals surface area contributed by atoms with E-state index in [1.807, 2.05) is 24.3 Å². The van der Waals surface area contributed by atoms with E-state index in [2.05, 4.69) is 5.32 Å². The summed E-state index contributed by atoms with van der Waals surface area (Å²) in [4.78, 5) is 0. The largest absolute Gasteiger partial charge is 0.312 e. The summed E-state index contributed by atoms with van der Waals surface area (Å²) >= 11 is 5.83. The first kappa shape index (κ1) is 11.7. The van der Waals surface area contributed by atoms with Crippen molar-refractivity contribution in [3.05, 3.63) is 34.9 Å². The normalized spacial score (nSPS) is 12.7. The molecule has 0 aromatic heterocycles. The monoisotopic (exact) mass is 231 g/mol. The maximum atomic E-state index is 10.8. The fraction of sp³-hybridized carbons (Fsp3) is 0.400. The van der Waals surface area contributed by atoms with Gasteiger partial charge in [0.1, 0.15) is 0 Å². The molecular formula is C10H14ClNOS. The van der Waals surface area contributed by atoms with Crippen molar-refractivity contribution >= 4 is 22.4 Å². The van der Waals surface area contributed by atoms with Crippen LogP contribution >= 0.6 is 11.6 Å². The van der Waals surface area contributed by atoms with Gasteiger partial charge in [0.15, 0.2) is 0 Å². The number of rotatable bonds is 5. The van der Waals surface area contributed by atoms with Crippen LogP contribution in [-0.2, 0) is 17.3 Å². The Hall–Kier alpha value is -0.380. The van der Waals surface area contributed by atoms with Crippen molar-refractivity contribution in [3.8, 4) is 0 Å². The average molecular weight is 232 g/mol. The van der Waals surface area contributed by atoms with Crippen LogP contribution in [-0.4, -0.2) is 22.8 Å². The van der Waals surface area contributed by atoms with E-state index in [0.717, 1.165) is 23.7 Å². The first-order valence-corrected chi connectivity index (χ1v) is 6.54. The van der Waals surface area contributed by atoms with Crippen molar-refractivity contribution < 1.29 is 4.21 Å². The molecule has 0 fully saturated rings. The molecule has 0 aliphatic carbocycles. The molecule has 0 heterocycles. The van der Waals surface area contributed by atoms with Crippen molar-refractivity contribution in [1.29, 1.82) is 0 Å². The van der Waals surface area contributed by atoms with E-state index in [1.165, 1.54) is 0 Å². The third-order valence-corrected chi connectivity index (χ3v) is 2.80. The lowest BCUT2D eigenvalue weighted by atomic mass is 10.2. The van der Waals surface area contributed by atoms with Crippen LogP contribution in [0.4, 0.5) is 0 Å². The number of nitrogens with one attached hydrogen (secondary N) is 1. The summed E-state index contributed by atoms with van der Waals surface area (Å²) in [6, 6.07) is 7.72. The molecule has 1 rings (SSSR count). The van der Waals surface area contributed by atoms with Gasteiger partial charge >= 0.3 is 0 Å². The van der Waals surface area contributed by atoms with Gasteiger partial charge in [-0.1, -0.05) is 23.7 Å². The summed E-state index contributed by atoms with van der Waals surface area (Å²) in [5, 5.41) is 3.96. The molecule has 1 atom stereocenters. The highest BCUT2D eigenvalue weighted by molar-refractivity contribution is 7.84. The van der Waals surface area contributed by atoms with Crippen LogP contribution in [0.2, 0.25) is 5.02 Å². The lowest BCUT2D eigenvalue weighted by Crippen LogP contribution is -2.19. The molecule has 0 radical (unpaired) electrons. The van der Waals surface area contributed by atoms with Crippen LogP contribution in [0.25, 0.3) is 0 Å². The fourth-order valence-corrected chi connectivity index (χ4v) is 1.74. The van der Waals surface area contributed by atoms with Gasteiger partial charge in [-0.05, 0) is 17.7 Å². The Morgan fingerprint density at radius 3 is 2.93 bits per heavy atom. The van der Waals surface area contributed by atoms with E-state index < -0.39 is 10.8 Å². The van der Waals surface area contributed by atoms with Crippen molar-refractivity contribution in [2.24, 2.45) is 0 Å². The third kappa shape index (κ3) is 4.74. The maximum absolute atomic E-state index is 10.8. The van der Waals surface area contributed by atoms with Crippen LogP contribution in [0, 0.1) is 0 Å². The molecule has 2 nitrogen and oxygen atoms in total. The van der Waals surface area contributed by atoms with Crippen LogP contribution in [0.5, 0.6) is 0 Å². The molecule has 0 bridgehead atoms. The number of hydrogen-bond acceptors (Lipinski definition) is 2. The van der Waals surface area contributed by atoms with E-state index in [-0.39, 0.29) is 0 Å². The van der Waals surface area contributed by atoms with Crippen molar-refractivity contribution in [3.63, 3.8) is 0 Å². The molecule has 0 saturated heterocycles. The molecule has 0 spiro atoms. The summed E-state index contributed by atoms with van der Waals surface area (Å²) < 4.78 is 10.8. The maximum Gasteiger partial charge on any atom is 0.0409 e. The Labute approximate surface area is 92.1 Å². The molecule has 0 saturated carbocycles. The van der Waals surface area contributed by atoms with Gasteiger partial charge in [0, 0.05) is 40.9 Å². The van der Waals surface area contributed by atoms with Gasteiger partial charge in [-0.2, -0.15) is 0 Å². The zero-order valence-electron chi connectivity index (χ0n) is 8.13. The Morgan fingerprint density at radius 1 is 1.50 bits per heavy atom. The van der Waals surface area contributed by atoms with Crippen molar-refractivity contribution in [2.75, 3.05) is 18.6 Å². The Balaban J connectivity index is 2.28. The van der Waals surface area contributed by atoms with E-state index >= 15 is 0 Å². The second-order valence-electron chi connectivity index (χ2n) is 3.08. The first-order valence-electron chi connectivity index (χ1n) is 4.43. The molecule has 4 heteroatoms. The number of halogens is 1. The summed E-state index contributed by atoms with van der Waals surface area (Å²) in [5.41, 5.74) is 1.15. The van der Waals surface area contributed by atoms with Gasteiger partial charge < -0.3 is 5.32 Å². The van der Waals surface area contributed by atoms with Crippen molar-refractivity contribution in [1.82, 2.24) is 5.32 Å². The summed E-state index contributed by atoms with van der Waals surface area (Å²) in [6.07, 6.45) is 1.71. The van der Waals surface area contributed by atoms with Gasteiger partial charge in [0.25, 0.3) is 0 Å². The van der Waals surface area contributed by atoms with Crippen LogP contribution in [0.1, 0.15) is 5.56 Å². The third-order valence-electron chi connectivity index (χ3n) is 1.78. The van der Waals surface area contributed by atoms with Gasteiger partial charge in [-0.3, -0.25) is 4.21 Å². The highest BCUT2D eigenvalue weighted by Crippen LogP contribution is 2.09. The minimum Gasteiger partial charge on any atom is -0.312 e. The number of hydrogen-bond donors (Lipinski definition) is 1. The second kappa shape index (κ2) is 6.17. The molecule has 14 heavy (non-hydrogen) atoms. The molecule has 0 aliphatic heterocycles. The van der Waals surface area contributed by atoms with E-state index in [9.17, 15) is 4.21 Å². The minimum absolute atomic E-state index is 0.695. The molecule has 0 amide bonds. The Kier molecular flexibility index (Phi) is 5.15. The predicted molar refractivity (Wildman–Crippen MR) is 62.1 cm³/mol. The molecule has 0 aliphatic rings. The second-order valence-corrected chi connectivity index (χ2v) is 5.08. The number of benzene rings is 1. The first-order chi connectivity index (χ1) is 6.68. The predicted octanol–water partition coefficient (Wildman–Crippen LogP) is 1.81. The minimum atomic E-state index is -0.716. The molecule has 0 unspecified atom stereocenters. The smallest absolute Gasteiger partial charge is 0.0409 e. The molecule has 78 valence electrons. The summed E-state index contributed by atoms with van der Waals surface area (Å²) in [5.74, 6) is 0.695. The summed E-state index contributed by atoms with van der Waals surface area (Å²) in [6.45, 7) is 1.55. The van der Waals surface area contributed by atoms with E-state index in [1.54, 1.807) is 6.26 Å².